The van der Waals surface area contributed by atoms with Crippen molar-refractivity contribution in [3.8, 4) is 0 Å². The van der Waals surface area contributed by atoms with E-state index in [1.807, 2.05) is 0 Å². The summed E-state index contributed by atoms with van der Waals surface area (Å²) in [7, 11) is 0. The van der Waals surface area contributed by atoms with E-state index in [1.165, 1.54) is 18.2 Å². The normalized spacial score (nSPS) is 10.2. The van der Waals surface area contributed by atoms with Gasteiger partial charge in [-0.15, -0.1) is 0 Å². The summed E-state index contributed by atoms with van der Waals surface area (Å²) in [6.45, 7) is 0. The fraction of sp³-hybridized carbons (Fsp3) is 0. The summed E-state index contributed by atoms with van der Waals surface area (Å²) in [5, 5.41) is 11.3. The van der Waals surface area contributed by atoms with Crippen LogP contribution in [-0.4, -0.2) is 17.0 Å². The molecule has 2 aromatic carbocycles. The Labute approximate surface area is 118 Å². The minimum Gasteiger partial charge on any atom is -0.478 e. The fourth-order valence-electron chi connectivity index (χ4n) is 1.73. The quantitative estimate of drug-likeness (QED) is 0.758. The molecule has 0 spiro atoms. The molecule has 0 aliphatic rings. The third-order valence-electron chi connectivity index (χ3n) is 2.65. The van der Waals surface area contributed by atoms with Gasteiger partial charge in [-0.3, -0.25) is 4.79 Å². The molecule has 0 aliphatic carbocycles. The van der Waals surface area contributed by atoms with Crippen LogP contribution in [-0.2, 0) is 0 Å². The summed E-state index contributed by atoms with van der Waals surface area (Å²) in [5.74, 6) is -3.93. The van der Waals surface area contributed by atoms with E-state index in [0.29, 0.717) is 6.07 Å². The topological polar surface area (TPSA) is 92.4 Å². The van der Waals surface area contributed by atoms with E-state index in [-0.39, 0.29) is 22.5 Å². The van der Waals surface area contributed by atoms with E-state index in [4.69, 9.17) is 10.8 Å². The van der Waals surface area contributed by atoms with Gasteiger partial charge in [-0.1, -0.05) is 0 Å². The van der Waals surface area contributed by atoms with Crippen LogP contribution in [0.2, 0.25) is 0 Å². The Hall–Kier alpha value is -2.96. The van der Waals surface area contributed by atoms with E-state index < -0.39 is 23.5 Å². The van der Waals surface area contributed by atoms with Gasteiger partial charge < -0.3 is 16.2 Å². The monoisotopic (exact) mass is 292 g/mol. The predicted octanol–water partition coefficient (Wildman–Crippen LogP) is 2.50. The highest BCUT2D eigenvalue weighted by atomic mass is 19.1. The lowest BCUT2D eigenvalue weighted by Gasteiger charge is -2.09. The van der Waals surface area contributed by atoms with Crippen LogP contribution in [0.4, 0.5) is 20.2 Å². The van der Waals surface area contributed by atoms with Gasteiger partial charge in [0.15, 0.2) is 0 Å². The number of amides is 1. The first-order valence-electron chi connectivity index (χ1n) is 5.77. The minimum absolute atomic E-state index is 0.0219. The molecule has 2 rings (SSSR count). The van der Waals surface area contributed by atoms with Crippen LogP contribution in [0.5, 0.6) is 0 Å². The molecule has 108 valence electrons. The number of carboxylic acids is 1. The molecule has 4 N–H and O–H groups in total. The van der Waals surface area contributed by atoms with E-state index in [0.717, 1.165) is 12.1 Å². The second-order valence-corrected chi connectivity index (χ2v) is 4.22. The first kappa shape index (κ1) is 14.4. The number of hydrogen-bond acceptors (Lipinski definition) is 3. The van der Waals surface area contributed by atoms with Crippen molar-refractivity contribution in [3.63, 3.8) is 0 Å². The Balaban J connectivity index is 2.33. The van der Waals surface area contributed by atoms with Crippen LogP contribution in [0, 0.1) is 11.6 Å². The largest absolute Gasteiger partial charge is 0.478 e. The number of nitrogen functional groups attached to an aromatic ring is 1. The molecule has 5 nitrogen and oxygen atoms in total. The van der Waals surface area contributed by atoms with Gasteiger partial charge in [-0.25, -0.2) is 13.6 Å². The summed E-state index contributed by atoms with van der Waals surface area (Å²) in [4.78, 5) is 23.0. The Kier molecular flexibility index (Phi) is 3.84. The Morgan fingerprint density at radius 1 is 1.05 bits per heavy atom. The van der Waals surface area contributed by atoms with Gasteiger partial charge in [-0.05, 0) is 30.3 Å². The van der Waals surface area contributed by atoms with Crippen LogP contribution < -0.4 is 11.1 Å². The number of rotatable bonds is 3. The third kappa shape index (κ3) is 3.33. The van der Waals surface area contributed by atoms with Crippen LogP contribution in [0.15, 0.2) is 36.4 Å². The molecule has 0 aromatic heterocycles. The molecule has 0 fully saturated rings. The number of carbonyl (C=O) groups is 2. The Morgan fingerprint density at radius 2 is 1.67 bits per heavy atom. The lowest BCUT2D eigenvalue weighted by molar-refractivity contribution is 0.0698. The van der Waals surface area contributed by atoms with Crippen molar-refractivity contribution in [3.05, 3.63) is 59.2 Å². The van der Waals surface area contributed by atoms with Gasteiger partial charge in [0.05, 0.1) is 11.3 Å². The molecule has 0 bridgehead atoms. The third-order valence-corrected chi connectivity index (χ3v) is 2.65. The van der Waals surface area contributed by atoms with Gasteiger partial charge in [0, 0.05) is 17.3 Å². The van der Waals surface area contributed by atoms with E-state index in [9.17, 15) is 18.4 Å². The minimum atomic E-state index is -1.29. The maximum Gasteiger partial charge on any atom is 0.337 e. The fourth-order valence-corrected chi connectivity index (χ4v) is 1.73. The predicted molar refractivity (Wildman–Crippen MR) is 72.1 cm³/mol. The van der Waals surface area contributed by atoms with Crippen LogP contribution in [0.1, 0.15) is 20.7 Å². The standard InChI is InChI=1S/C14H10F2N2O3/c15-8-3-7(4-9(16)5-8)13(19)18-12-2-1-10(17)6-11(12)14(20)21/h1-6H,17H2,(H,18,19)(H,20,21). The summed E-state index contributed by atoms with van der Waals surface area (Å²) in [6, 6.07) is 6.18. The zero-order valence-electron chi connectivity index (χ0n) is 10.6. The highest BCUT2D eigenvalue weighted by Gasteiger charge is 2.15. The number of nitrogens with one attached hydrogen (secondary N) is 1. The Bertz CT molecular complexity index is 712. The SMILES string of the molecule is Nc1ccc(NC(=O)c2cc(F)cc(F)c2)c(C(=O)O)c1. The number of carbonyl (C=O) groups excluding carboxylic acids is 1. The van der Waals surface area contributed by atoms with Crippen molar-refractivity contribution < 1.29 is 23.5 Å². The molecule has 0 radical (unpaired) electrons. The summed E-state index contributed by atoms with van der Waals surface area (Å²) in [6.07, 6.45) is 0. The highest BCUT2D eigenvalue weighted by molar-refractivity contribution is 6.08. The highest BCUT2D eigenvalue weighted by Crippen LogP contribution is 2.20. The zero-order chi connectivity index (χ0) is 15.6. The van der Waals surface area contributed by atoms with Crippen molar-refractivity contribution >= 4 is 23.3 Å². The van der Waals surface area contributed by atoms with Crippen molar-refractivity contribution in [2.75, 3.05) is 11.1 Å². The maximum absolute atomic E-state index is 13.1. The number of carboxylic acid groups (broad SMARTS) is 1. The van der Waals surface area contributed by atoms with Crippen molar-refractivity contribution in [2.45, 2.75) is 0 Å². The average molecular weight is 292 g/mol. The number of benzene rings is 2. The molecule has 0 saturated heterocycles. The van der Waals surface area contributed by atoms with Crippen molar-refractivity contribution in [2.24, 2.45) is 0 Å². The molecule has 0 saturated carbocycles. The molecule has 1 amide bonds. The molecule has 0 unspecified atom stereocenters. The van der Waals surface area contributed by atoms with Gasteiger partial charge in [0.1, 0.15) is 11.6 Å². The van der Waals surface area contributed by atoms with Gasteiger partial charge in [0.25, 0.3) is 5.91 Å². The van der Waals surface area contributed by atoms with Gasteiger partial charge in [0.2, 0.25) is 0 Å². The first-order chi connectivity index (χ1) is 9.86. The van der Waals surface area contributed by atoms with Crippen LogP contribution in [0.3, 0.4) is 0 Å². The maximum atomic E-state index is 13.1. The molecule has 2 aromatic rings. The molecule has 7 heteroatoms. The summed E-state index contributed by atoms with van der Waals surface area (Å²) < 4.78 is 26.1. The molecular weight excluding hydrogens is 282 g/mol. The lowest BCUT2D eigenvalue weighted by atomic mass is 10.1. The van der Waals surface area contributed by atoms with Crippen LogP contribution >= 0.6 is 0 Å². The summed E-state index contributed by atoms with van der Waals surface area (Å²) >= 11 is 0. The first-order valence-corrected chi connectivity index (χ1v) is 5.77. The van der Waals surface area contributed by atoms with Gasteiger partial charge >= 0.3 is 5.97 Å². The van der Waals surface area contributed by atoms with E-state index >= 15 is 0 Å². The smallest absolute Gasteiger partial charge is 0.337 e. The second kappa shape index (κ2) is 5.58. The number of aromatic carboxylic acids is 1. The van der Waals surface area contributed by atoms with Crippen molar-refractivity contribution in [1.29, 1.82) is 0 Å². The molecule has 0 heterocycles. The van der Waals surface area contributed by atoms with Crippen LogP contribution in [0.25, 0.3) is 0 Å². The Morgan fingerprint density at radius 3 is 2.24 bits per heavy atom. The van der Waals surface area contributed by atoms with Gasteiger partial charge in [-0.2, -0.15) is 0 Å². The zero-order valence-corrected chi connectivity index (χ0v) is 10.6. The number of nitrogens with two attached hydrogens (primary N) is 1. The van der Waals surface area contributed by atoms with E-state index in [2.05, 4.69) is 5.32 Å². The molecule has 21 heavy (non-hydrogen) atoms. The number of anilines is 2. The number of hydrogen-bond donors (Lipinski definition) is 3. The van der Waals surface area contributed by atoms with Crippen molar-refractivity contribution in [1.82, 2.24) is 0 Å². The molecular formula is C14H10F2N2O3. The lowest BCUT2D eigenvalue weighted by Crippen LogP contribution is -2.15. The average Bonchev–Trinajstić information content (AvgIpc) is 2.39. The van der Waals surface area contributed by atoms with E-state index in [1.54, 1.807) is 0 Å². The summed E-state index contributed by atoms with van der Waals surface area (Å²) in [5.41, 5.74) is 5.17. The molecule has 0 aliphatic heterocycles. The second-order valence-electron chi connectivity index (χ2n) is 4.22. The number of halogens is 2. The molecule has 0 atom stereocenters.